The minimum atomic E-state index is -0.194. The maximum Gasteiger partial charge on any atom is 0.270 e. The van der Waals surface area contributed by atoms with E-state index in [9.17, 15) is 9.59 Å². The Morgan fingerprint density at radius 3 is 2.41 bits per heavy atom. The summed E-state index contributed by atoms with van der Waals surface area (Å²) >= 11 is 0. The molecule has 1 saturated heterocycles. The number of anilines is 1. The number of nitrogens with one attached hydrogen (secondary N) is 1. The first-order valence-corrected chi connectivity index (χ1v) is 9.31. The van der Waals surface area contributed by atoms with Crippen molar-refractivity contribution < 1.29 is 9.59 Å². The molecule has 7 heteroatoms. The van der Waals surface area contributed by atoms with E-state index >= 15 is 0 Å². The Bertz CT molecular complexity index is 801. The molecule has 0 saturated carbocycles. The number of nitrogens with zero attached hydrogens (tertiary/aromatic N) is 4. The van der Waals surface area contributed by atoms with Crippen LogP contribution in [0.15, 0.2) is 36.4 Å². The molecule has 1 aromatic heterocycles. The monoisotopic (exact) mass is 367 g/mol. The molecule has 3 rings (SSSR count). The highest BCUT2D eigenvalue weighted by Gasteiger charge is 2.22. The van der Waals surface area contributed by atoms with Crippen molar-refractivity contribution in [1.82, 2.24) is 20.2 Å². The van der Waals surface area contributed by atoms with Gasteiger partial charge in [0.15, 0.2) is 5.82 Å². The van der Waals surface area contributed by atoms with Crippen LogP contribution in [-0.4, -0.2) is 59.4 Å². The van der Waals surface area contributed by atoms with Crippen LogP contribution in [0.5, 0.6) is 0 Å². The normalized spacial score (nSPS) is 14.1. The zero-order chi connectivity index (χ0) is 19.2. The lowest BCUT2D eigenvalue weighted by atomic mass is 10.2. The number of benzene rings is 1. The molecule has 7 nitrogen and oxygen atoms in total. The number of hydrogen-bond acceptors (Lipinski definition) is 5. The molecule has 0 radical (unpaired) electrons. The zero-order valence-electron chi connectivity index (χ0n) is 15.8. The molecule has 2 heterocycles. The Labute approximate surface area is 159 Å². The first-order valence-electron chi connectivity index (χ1n) is 9.31. The van der Waals surface area contributed by atoms with Crippen molar-refractivity contribution in [2.75, 3.05) is 37.6 Å². The first-order chi connectivity index (χ1) is 13.1. The molecule has 142 valence electrons. The molecule has 27 heavy (non-hydrogen) atoms. The van der Waals surface area contributed by atoms with Gasteiger partial charge in [0.25, 0.3) is 5.91 Å². The van der Waals surface area contributed by atoms with Crippen molar-refractivity contribution in [2.24, 2.45) is 0 Å². The summed E-state index contributed by atoms with van der Waals surface area (Å²) in [4.78, 5) is 37.1. The minimum Gasteiger partial charge on any atom is -0.353 e. The van der Waals surface area contributed by atoms with Crippen LogP contribution in [0.1, 0.15) is 30.8 Å². The summed E-state index contributed by atoms with van der Waals surface area (Å²) in [6.07, 6.45) is 0.863. The van der Waals surface area contributed by atoms with Crippen LogP contribution in [0.3, 0.4) is 0 Å². The molecule has 2 amide bonds. The Hall–Kier alpha value is -2.96. The van der Waals surface area contributed by atoms with Gasteiger partial charge in [-0.1, -0.05) is 37.3 Å². The van der Waals surface area contributed by atoms with E-state index in [0.29, 0.717) is 50.1 Å². The lowest BCUT2D eigenvalue weighted by Gasteiger charge is -2.35. The molecule has 0 aliphatic carbocycles. The van der Waals surface area contributed by atoms with Crippen molar-refractivity contribution in [3.8, 4) is 11.4 Å². The van der Waals surface area contributed by atoms with Crippen LogP contribution in [0.2, 0.25) is 0 Å². The van der Waals surface area contributed by atoms with Crippen LogP contribution in [0, 0.1) is 0 Å². The Morgan fingerprint density at radius 1 is 1.07 bits per heavy atom. The van der Waals surface area contributed by atoms with Crippen molar-refractivity contribution in [3.63, 3.8) is 0 Å². The molecular formula is C20H25N5O2. The second-order valence-electron chi connectivity index (χ2n) is 6.55. The minimum absolute atomic E-state index is 0.0851. The van der Waals surface area contributed by atoms with E-state index in [1.165, 1.54) is 0 Å². The third-order valence-electron chi connectivity index (χ3n) is 4.56. The van der Waals surface area contributed by atoms with E-state index in [1.807, 2.05) is 42.2 Å². The number of carbonyl (C=O) groups is 2. The number of aromatic nitrogens is 2. The van der Waals surface area contributed by atoms with Crippen LogP contribution < -0.4 is 10.2 Å². The summed E-state index contributed by atoms with van der Waals surface area (Å²) in [7, 11) is 0. The lowest BCUT2D eigenvalue weighted by Crippen LogP contribution is -2.48. The lowest BCUT2D eigenvalue weighted by molar-refractivity contribution is -0.129. The molecule has 0 unspecified atom stereocenters. The van der Waals surface area contributed by atoms with Gasteiger partial charge in [0, 0.05) is 51.3 Å². The van der Waals surface area contributed by atoms with Crippen molar-refractivity contribution in [1.29, 1.82) is 0 Å². The summed E-state index contributed by atoms with van der Waals surface area (Å²) < 4.78 is 0. The quantitative estimate of drug-likeness (QED) is 0.874. The zero-order valence-corrected chi connectivity index (χ0v) is 15.8. The maximum absolute atomic E-state index is 12.5. The second-order valence-corrected chi connectivity index (χ2v) is 6.55. The van der Waals surface area contributed by atoms with E-state index in [-0.39, 0.29) is 11.8 Å². The molecule has 1 N–H and O–H groups in total. The summed E-state index contributed by atoms with van der Waals surface area (Å²) in [5.74, 6) is 1.14. The number of hydrogen-bond donors (Lipinski definition) is 1. The predicted molar refractivity (Wildman–Crippen MR) is 105 cm³/mol. The molecule has 1 aliphatic heterocycles. The van der Waals surface area contributed by atoms with Gasteiger partial charge in [0.05, 0.1) is 0 Å². The molecule has 2 aromatic rings. The molecule has 1 fully saturated rings. The number of rotatable bonds is 5. The van der Waals surface area contributed by atoms with E-state index in [0.717, 1.165) is 12.0 Å². The number of carbonyl (C=O) groups excluding carboxylic acids is 2. The fourth-order valence-corrected chi connectivity index (χ4v) is 3.01. The molecule has 0 bridgehead atoms. The summed E-state index contributed by atoms with van der Waals surface area (Å²) in [6, 6.07) is 11.4. The second kappa shape index (κ2) is 8.62. The third kappa shape index (κ3) is 4.61. The number of amides is 2. The average Bonchev–Trinajstić information content (AvgIpc) is 2.72. The van der Waals surface area contributed by atoms with Crippen LogP contribution in [0.25, 0.3) is 11.4 Å². The van der Waals surface area contributed by atoms with Gasteiger partial charge in [-0.05, 0) is 6.42 Å². The van der Waals surface area contributed by atoms with E-state index in [2.05, 4.69) is 15.2 Å². The molecule has 1 aliphatic rings. The molecule has 1 aromatic carbocycles. The van der Waals surface area contributed by atoms with Gasteiger partial charge in [-0.15, -0.1) is 0 Å². The summed E-state index contributed by atoms with van der Waals surface area (Å²) in [5.41, 5.74) is 1.23. The van der Waals surface area contributed by atoms with Crippen LogP contribution in [-0.2, 0) is 4.79 Å². The Morgan fingerprint density at radius 2 is 1.78 bits per heavy atom. The van der Waals surface area contributed by atoms with E-state index in [1.54, 1.807) is 13.0 Å². The maximum atomic E-state index is 12.5. The molecular weight excluding hydrogens is 342 g/mol. The Kier molecular flexibility index (Phi) is 6.01. The van der Waals surface area contributed by atoms with Gasteiger partial charge in [0.2, 0.25) is 5.91 Å². The summed E-state index contributed by atoms with van der Waals surface area (Å²) in [6.45, 7) is 6.87. The highest BCUT2D eigenvalue weighted by Crippen LogP contribution is 2.21. The van der Waals surface area contributed by atoms with Crippen LogP contribution >= 0.6 is 0 Å². The highest BCUT2D eigenvalue weighted by molar-refractivity contribution is 5.93. The fourth-order valence-electron chi connectivity index (χ4n) is 3.01. The third-order valence-corrected chi connectivity index (χ3v) is 4.56. The average molecular weight is 367 g/mol. The van der Waals surface area contributed by atoms with Gasteiger partial charge in [-0.2, -0.15) is 0 Å². The first kappa shape index (κ1) is 18.8. The van der Waals surface area contributed by atoms with Gasteiger partial charge >= 0.3 is 0 Å². The highest BCUT2D eigenvalue weighted by atomic mass is 16.2. The predicted octanol–water partition coefficient (Wildman–Crippen LogP) is 1.95. The number of piperazine rings is 1. The SMILES string of the molecule is CCCNC(=O)c1cc(N2CCN(C(C)=O)CC2)nc(-c2ccccc2)n1. The standard InChI is InChI=1S/C20H25N5O2/c1-3-9-21-20(27)17-14-18(25-12-10-24(11-13-25)15(2)26)23-19(22-17)16-7-5-4-6-8-16/h4-8,14H,3,9-13H2,1-2H3,(H,21,27). The van der Waals surface area contributed by atoms with Crippen molar-refractivity contribution in [3.05, 3.63) is 42.1 Å². The van der Waals surface area contributed by atoms with E-state index < -0.39 is 0 Å². The van der Waals surface area contributed by atoms with Gasteiger partial charge in [-0.3, -0.25) is 9.59 Å². The summed E-state index contributed by atoms with van der Waals surface area (Å²) in [5, 5.41) is 2.88. The topological polar surface area (TPSA) is 78.4 Å². The van der Waals surface area contributed by atoms with Gasteiger partial charge in [0.1, 0.15) is 11.5 Å². The van der Waals surface area contributed by atoms with Crippen LogP contribution in [0.4, 0.5) is 5.82 Å². The van der Waals surface area contributed by atoms with Crippen molar-refractivity contribution >= 4 is 17.6 Å². The smallest absolute Gasteiger partial charge is 0.270 e. The Balaban J connectivity index is 1.90. The fraction of sp³-hybridized carbons (Fsp3) is 0.400. The molecule has 0 atom stereocenters. The molecule has 0 spiro atoms. The van der Waals surface area contributed by atoms with E-state index in [4.69, 9.17) is 4.98 Å². The van der Waals surface area contributed by atoms with Gasteiger partial charge < -0.3 is 15.1 Å². The van der Waals surface area contributed by atoms with Gasteiger partial charge in [-0.25, -0.2) is 9.97 Å². The van der Waals surface area contributed by atoms with Crippen molar-refractivity contribution in [2.45, 2.75) is 20.3 Å². The largest absolute Gasteiger partial charge is 0.353 e.